The van der Waals surface area contributed by atoms with Crippen LogP contribution in [0.25, 0.3) is 0 Å². The van der Waals surface area contributed by atoms with Gasteiger partial charge in [0.05, 0.1) is 24.7 Å². The molecule has 0 saturated carbocycles. The van der Waals surface area contributed by atoms with E-state index in [-0.39, 0.29) is 5.56 Å². The number of hydrogen-bond acceptors (Lipinski definition) is 5. The van der Waals surface area contributed by atoms with Gasteiger partial charge in [0, 0.05) is 25.9 Å². The Morgan fingerprint density at radius 2 is 2.26 bits per heavy atom. The predicted octanol–water partition coefficient (Wildman–Crippen LogP) is 1.45. The number of carboxylic acid groups (broad SMARTS) is 1. The number of carboxylic acids is 1. The summed E-state index contributed by atoms with van der Waals surface area (Å²) in [6, 6.07) is 5.10. The minimum absolute atomic E-state index is 0.196. The molecule has 1 rings (SSSR count). The van der Waals surface area contributed by atoms with Gasteiger partial charge in [-0.25, -0.2) is 9.78 Å². The second kappa shape index (κ2) is 7.34. The summed E-state index contributed by atoms with van der Waals surface area (Å²) in [6.07, 6.45) is 0.349. The number of anilines is 1. The van der Waals surface area contributed by atoms with Gasteiger partial charge >= 0.3 is 5.97 Å². The third-order valence-corrected chi connectivity index (χ3v) is 2.57. The van der Waals surface area contributed by atoms with Crippen molar-refractivity contribution in [2.75, 3.05) is 31.7 Å². The Kier molecular flexibility index (Phi) is 5.76. The first-order valence-electron chi connectivity index (χ1n) is 5.91. The van der Waals surface area contributed by atoms with E-state index in [2.05, 4.69) is 11.1 Å². The predicted molar refractivity (Wildman–Crippen MR) is 70.3 cm³/mol. The third kappa shape index (κ3) is 4.56. The molecule has 6 nitrogen and oxygen atoms in total. The number of aromatic carboxylic acids is 1. The topological polar surface area (TPSA) is 86.5 Å². The third-order valence-electron chi connectivity index (χ3n) is 2.57. The number of rotatable bonds is 7. The van der Waals surface area contributed by atoms with Crippen molar-refractivity contribution >= 4 is 11.8 Å². The van der Waals surface area contributed by atoms with Gasteiger partial charge in [-0.2, -0.15) is 5.26 Å². The molecule has 0 aliphatic rings. The quantitative estimate of drug-likeness (QED) is 0.801. The molecule has 0 radical (unpaired) electrons. The summed E-state index contributed by atoms with van der Waals surface area (Å²) >= 11 is 0. The van der Waals surface area contributed by atoms with Crippen molar-refractivity contribution in [3.05, 3.63) is 23.4 Å². The van der Waals surface area contributed by atoms with Crippen LogP contribution in [0.3, 0.4) is 0 Å². The molecule has 0 aliphatic heterocycles. The number of nitriles is 1. The first-order valence-corrected chi connectivity index (χ1v) is 5.91. The molecular formula is C13H17N3O3. The van der Waals surface area contributed by atoms with E-state index in [9.17, 15) is 4.79 Å². The van der Waals surface area contributed by atoms with Crippen molar-refractivity contribution in [2.24, 2.45) is 0 Å². The Morgan fingerprint density at radius 3 is 2.84 bits per heavy atom. The highest BCUT2D eigenvalue weighted by molar-refractivity contribution is 5.88. The van der Waals surface area contributed by atoms with E-state index in [1.807, 2.05) is 4.90 Å². The van der Waals surface area contributed by atoms with Crippen LogP contribution in [-0.2, 0) is 4.74 Å². The van der Waals surface area contributed by atoms with Crippen LogP contribution in [0.5, 0.6) is 0 Å². The number of nitrogens with zero attached hydrogens (tertiary/aromatic N) is 3. The number of hydrogen-bond donors (Lipinski definition) is 1. The van der Waals surface area contributed by atoms with E-state index in [1.165, 1.54) is 12.1 Å². The molecule has 0 unspecified atom stereocenters. The molecule has 1 N–H and O–H groups in total. The summed E-state index contributed by atoms with van der Waals surface area (Å²) in [6.45, 7) is 3.29. The molecule has 0 atom stereocenters. The van der Waals surface area contributed by atoms with Crippen molar-refractivity contribution in [1.82, 2.24) is 4.98 Å². The average molecular weight is 263 g/mol. The highest BCUT2D eigenvalue weighted by Gasteiger charge is 2.12. The number of methoxy groups -OCH3 is 1. The molecule has 19 heavy (non-hydrogen) atoms. The average Bonchev–Trinajstić information content (AvgIpc) is 2.38. The molecule has 0 spiro atoms. The smallest absolute Gasteiger partial charge is 0.335 e. The van der Waals surface area contributed by atoms with Crippen molar-refractivity contribution in [2.45, 2.75) is 13.3 Å². The molecule has 0 amide bonds. The lowest BCUT2D eigenvalue weighted by Crippen LogP contribution is -2.29. The summed E-state index contributed by atoms with van der Waals surface area (Å²) in [7, 11) is 1.59. The SMILES string of the molecule is COCCN(CCC#N)c1cc(C(=O)O)cc(C)n1. The lowest BCUT2D eigenvalue weighted by molar-refractivity contribution is 0.0696. The molecule has 0 fully saturated rings. The van der Waals surface area contributed by atoms with Crippen LogP contribution in [0, 0.1) is 18.3 Å². The second-order valence-corrected chi connectivity index (χ2v) is 4.05. The number of aryl methyl sites for hydroxylation is 1. The standard InChI is InChI=1S/C13H17N3O3/c1-10-8-11(13(17)18)9-12(15-10)16(5-3-4-14)6-7-19-2/h8-9H,3,5-7H2,1-2H3,(H,17,18). The van der Waals surface area contributed by atoms with E-state index in [1.54, 1.807) is 14.0 Å². The zero-order valence-corrected chi connectivity index (χ0v) is 11.1. The van der Waals surface area contributed by atoms with Crippen LogP contribution in [0.1, 0.15) is 22.5 Å². The zero-order valence-electron chi connectivity index (χ0n) is 11.1. The molecule has 0 aliphatic carbocycles. The van der Waals surface area contributed by atoms with Crippen molar-refractivity contribution in [3.8, 4) is 6.07 Å². The van der Waals surface area contributed by atoms with E-state index in [0.717, 1.165) is 0 Å². The number of aromatic nitrogens is 1. The molecule has 1 aromatic rings. The van der Waals surface area contributed by atoms with Crippen LogP contribution in [-0.4, -0.2) is 42.9 Å². The van der Waals surface area contributed by atoms with Gasteiger partial charge in [0.15, 0.2) is 0 Å². The van der Waals surface area contributed by atoms with Crippen LogP contribution in [0.4, 0.5) is 5.82 Å². The van der Waals surface area contributed by atoms with E-state index < -0.39 is 5.97 Å². The number of carbonyl (C=O) groups is 1. The van der Waals surface area contributed by atoms with E-state index in [4.69, 9.17) is 15.1 Å². The fraction of sp³-hybridized carbons (Fsp3) is 0.462. The van der Waals surface area contributed by atoms with Gasteiger partial charge in [0.2, 0.25) is 0 Å². The highest BCUT2D eigenvalue weighted by Crippen LogP contribution is 2.15. The van der Waals surface area contributed by atoms with Crippen LogP contribution in [0.2, 0.25) is 0 Å². The van der Waals surface area contributed by atoms with Crippen molar-refractivity contribution in [3.63, 3.8) is 0 Å². The maximum atomic E-state index is 11.0. The zero-order chi connectivity index (χ0) is 14.3. The molecule has 1 aromatic heterocycles. The summed E-state index contributed by atoms with van der Waals surface area (Å²) in [5.74, 6) is -0.427. The van der Waals surface area contributed by atoms with E-state index >= 15 is 0 Å². The highest BCUT2D eigenvalue weighted by atomic mass is 16.5. The van der Waals surface area contributed by atoms with Gasteiger partial charge in [0.1, 0.15) is 5.82 Å². The summed E-state index contributed by atoms with van der Waals surface area (Å²) in [4.78, 5) is 17.2. The molecule has 6 heteroatoms. The Balaban J connectivity index is 2.99. The Bertz CT molecular complexity index is 483. The Labute approximate surface area is 112 Å². The first-order chi connectivity index (χ1) is 9.08. The first kappa shape index (κ1) is 14.9. The lowest BCUT2D eigenvalue weighted by Gasteiger charge is -2.23. The van der Waals surface area contributed by atoms with Crippen LogP contribution < -0.4 is 4.90 Å². The van der Waals surface area contributed by atoms with Crippen LogP contribution >= 0.6 is 0 Å². The second-order valence-electron chi connectivity index (χ2n) is 4.05. The van der Waals surface area contributed by atoms with Gasteiger partial charge in [-0.05, 0) is 19.1 Å². The maximum Gasteiger partial charge on any atom is 0.335 e. The summed E-state index contributed by atoms with van der Waals surface area (Å²) in [5, 5.41) is 17.7. The maximum absolute atomic E-state index is 11.0. The summed E-state index contributed by atoms with van der Waals surface area (Å²) < 4.78 is 5.01. The molecular weight excluding hydrogens is 246 g/mol. The molecule has 1 heterocycles. The van der Waals surface area contributed by atoms with Crippen molar-refractivity contribution < 1.29 is 14.6 Å². The molecule has 0 bridgehead atoms. The van der Waals surface area contributed by atoms with Gasteiger partial charge in [-0.1, -0.05) is 0 Å². The summed E-state index contributed by atoms with van der Waals surface area (Å²) in [5.41, 5.74) is 0.830. The molecule has 0 saturated heterocycles. The van der Waals surface area contributed by atoms with Gasteiger partial charge in [-0.3, -0.25) is 0 Å². The Morgan fingerprint density at radius 1 is 1.53 bits per heavy atom. The molecule has 0 aromatic carbocycles. The van der Waals surface area contributed by atoms with Crippen LogP contribution in [0.15, 0.2) is 12.1 Å². The fourth-order valence-electron chi connectivity index (χ4n) is 1.66. The number of pyridine rings is 1. The van der Waals surface area contributed by atoms with Gasteiger partial charge < -0.3 is 14.7 Å². The lowest BCUT2D eigenvalue weighted by atomic mass is 10.2. The van der Waals surface area contributed by atoms with E-state index in [0.29, 0.717) is 37.6 Å². The van der Waals surface area contributed by atoms with Crippen molar-refractivity contribution in [1.29, 1.82) is 5.26 Å². The number of ether oxygens (including phenoxy) is 1. The fourth-order valence-corrected chi connectivity index (χ4v) is 1.66. The monoisotopic (exact) mass is 263 g/mol. The normalized spacial score (nSPS) is 9.95. The minimum atomic E-state index is -0.987. The molecule has 102 valence electrons. The van der Waals surface area contributed by atoms with Gasteiger partial charge in [-0.15, -0.1) is 0 Å². The van der Waals surface area contributed by atoms with Gasteiger partial charge in [0.25, 0.3) is 0 Å². The largest absolute Gasteiger partial charge is 0.478 e. The Hall–Kier alpha value is -2.13. The minimum Gasteiger partial charge on any atom is -0.478 e.